The summed E-state index contributed by atoms with van der Waals surface area (Å²) in [5.74, 6) is 0.547. The van der Waals surface area contributed by atoms with E-state index in [-0.39, 0.29) is 23.9 Å². The number of amides is 4. The molecule has 2 atom stereocenters. The lowest BCUT2D eigenvalue weighted by molar-refractivity contribution is -0.138. The zero-order valence-electron chi connectivity index (χ0n) is 20.9. The number of unbranched alkanes of at least 4 members (excludes halogenated alkanes) is 1. The molecule has 1 aromatic carbocycles. The molecule has 1 saturated carbocycles. The van der Waals surface area contributed by atoms with Gasteiger partial charge in [0.15, 0.2) is 0 Å². The molecule has 0 radical (unpaired) electrons. The average molecular weight is 471 g/mol. The van der Waals surface area contributed by atoms with E-state index in [4.69, 9.17) is 0 Å². The fourth-order valence-electron chi connectivity index (χ4n) is 5.10. The quantitative estimate of drug-likeness (QED) is 0.511. The molecule has 2 aliphatic rings. The Morgan fingerprint density at radius 3 is 2.50 bits per heavy atom. The van der Waals surface area contributed by atoms with Crippen LogP contribution in [0.2, 0.25) is 0 Å². The van der Waals surface area contributed by atoms with Crippen LogP contribution in [0, 0.1) is 5.92 Å². The molecule has 188 valence electrons. The Hall–Kier alpha value is -2.57. The van der Waals surface area contributed by atoms with Crippen LogP contribution in [0.5, 0.6) is 0 Å². The van der Waals surface area contributed by atoms with E-state index in [9.17, 15) is 14.4 Å². The summed E-state index contributed by atoms with van der Waals surface area (Å²) in [7, 11) is 0. The van der Waals surface area contributed by atoms with Crippen LogP contribution in [0.3, 0.4) is 0 Å². The lowest BCUT2D eigenvalue weighted by Gasteiger charge is -2.41. The number of carbonyl (C=O) groups excluding carboxylic acids is 3. The van der Waals surface area contributed by atoms with Crippen LogP contribution >= 0.6 is 0 Å². The van der Waals surface area contributed by atoms with E-state index in [1.807, 2.05) is 47.1 Å². The zero-order valence-corrected chi connectivity index (χ0v) is 20.9. The van der Waals surface area contributed by atoms with Crippen molar-refractivity contribution >= 4 is 17.8 Å². The third-order valence-corrected chi connectivity index (χ3v) is 7.18. The Bertz CT molecular complexity index is 794. The van der Waals surface area contributed by atoms with Gasteiger partial charge in [-0.15, -0.1) is 0 Å². The van der Waals surface area contributed by atoms with E-state index in [1.54, 1.807) is 0 Å². The van der Waals surface area contributed by atoms with Crippen LogP contribution in [-0.4, -0.2) is 65.9 Å². The topological polar surface area (TPSA) is 81.8 Å². The minimum Gasteiger partial charge on any atom is -0.344 e. The smallest absolute Gasteiger partial charge is 0.317 e. The van der Waals surface area contributed by atoms with Gasteiger partial charge < -0.3 is 20.4 Å². The molecule has 0 spiro atoms. The molecule has 0 aromatic heterocycles. The van der Waals surface area contributed by atoms with Crippen LogP contribution in [-0.2, 0) is 16.0 Å². The van der Waals surface area contributed by atoms with Crippen molar-refractivity contribution in [3.63, 3.8) is 0 Å². The number of hydrogen-bond donors (Lipinski definition) is 2. The molecule has 1 aliphatic heterocycles. The fraction of sp³-hybridized carbons (Fsp3) is 0.667. The van der Waals surface area contributed by atoms with Crippen molar-refractivity contribution < 1.29 is 14.4 Å². The maximum atomic E-state index is 13.5. The van der Waals surface area contributed by atoms with Gasteiger partial charge in [0.25, 0.3) is 0 Å². The normalized spacial score (nSPS) is 19.6. The molecule has 2 N–H and O–H groups in total. The Labute approximate surface area is 204 Å². The van der Waals surface area contributed by atoms with Gasteiger partial charge in [0.05, 0.1) is 0 Å². The zero-order chi connectivity index (χ0) is 24.3. The molecule has 3 rings (SSSR count). The molecular formula is C27H42N4O3. The largest absolute Gasteiger partial charge is 0.344 e. The van der Waals surface area contributed by atoms with E-state index < -0.39 is 6.04 Å². The van der Waals surface area contributed by atoms with Gasteiger partial charge in [0.2, 0.25) is 11.8 Å². The van der Waals surface area contributed by atoms with E-state index in [2.05, 4.69) is 17.6 Å². The molecule has 0 bridgehead atoms. The summed E-state index contributed by atoms with van der Waals surface area (Å²) < 4.78 is 0. The number of nitrogens with zero attached hydrogens (tertiary/aromatic N) is 2. The summed E-state index contributed by atoms with van der Waals surface area (Å²) in [6, 6.07) is 9.12. The lowest BCUT2D eigenvalue weighted by atomic mass is 10.0. The van der Waals surface area contributed by atoms with Crippen LogP contribution in [0.15, 0.2) is 30.3 Å². The molecule has 7 heteroatoms. The maximum Gasteiger partial charge on any atom is 0.317 e. The highest BCUT2D eigenvalue weighted by molar-refractivity contribution is 5.88. The van der Waals surface area contributed by atoms with Gasteiger partial charge in [-0.05, 0) is 31.2 Å². The maximum absolute atomic E-state index is 13.5. The summed E-state index contributed by atoms with van der Waals surface area (Å²) in [6.45, 7) is 6.20. The summed E-state index contributed by atoms with van der Waals surface area (Å²) in [5.41, 5.74) is 1.03. The van der Waals surface area contributed by atoms with Gasteiger partial charge in [-0.3, -0.25) is 9.59 Å². The predicted octanol–water partition coefficient (Wildman–Crippen LogP) is 3.73. The Kier molecular flexibility index (Phi) is 10.2. The number of carbonyl (C=O) groups is 3. The molecule has 1 aliphatic carbocycles. The molecule has 4 amide bonds. The van der Waals surface area contributed by atoms with Crippen LogP contribution in [0.25, 0.3) is 0 Å². The van der Waals surface area contributed by atoms with Crippen LogP contribution < -0.4 is 10.6 Å². The van der Waals surface area contributed by atoms with Gasteiger partial charge >= 0.3 is 6.03 Å². The molecule has 7 nitrogen and oxygen atoms in total. The average Bonchev–Trinajstić information content (AvgIpc) is 3.36. The highest BCUT2D eigenvalue weighted by Gasteiger charge is 2.33. The molecule has 2 fully saturated rings. The molecule has 1 heterocycles. The van der Waals surface area contributed by atoms with E-state index >= 15 is 0 Å². The first-order chi connectivity index (χ1) is 16.5. The standard InChI is InChI=1S/C27H42N4O3/c1-3-4-16-28-27(34)31-18-17-30(20-21(31)2)26(33)24(19-23-12-6-5-7-13-23)29-25(32)15-14-22-10-8-9-11-22/h5-7,12-13,21-22,24H,3-4,8-11,14-20H2,1-2H3,(H,28,34)(H,29,32). The second kappa shape index (κ2) is 13.4. The van der Waals surface area contributed by atoms with Gasteiger partial charge in [-0.25, -0.2) is 4.79 Å². The highest BCUT2D eigenvalue weighted by Crippen LogP contribution is 2.28. The Morgan fingerprint density at radius 1 is 1.09 bits per heavy atom. The summed E-state index contributed by atoms with van der Waals surface area (Å²) in [5, 5.41) is 6.02. The molecule has 34 heavy (non-hydrogen) atoms. The number of rotatable bonds is 10. The van der Waals surface area contributed by atoms with E-state index in [0.29, 0.717) is 44.9 Å². The number of urea groups is 1. The third kappa shape index (κ3) is 7.74. The minimum atomic E-state index is -0.587. The van der Waals surface area contributed by atoms with Gasteiger partial charge in [-0.1, -0.05) is 69.4 Å². The van der Waals surface area contributed by atoms with Gasteiger partial charge in [0, 0.05) is 45.1 Å². The molecule has 1 aromatic rings. The summed E-state index contributed by atoms with van der Waals surface area (Å²) >= 11 is 0. The van der Waals surface area contributed by atoms with Crippen molar-refractivity contribution in [3.05, 3.63) is 35.9 Å². The minimum absolute atomic E-state index is 0.0387. The van der Waals surface area contributed by atoms with E-state index in [0.717, 1.165) is 24.8 Å². The van der Waals surface area contributed by atoms with Crippen molar-refractivity contribution in [1.29, 1.82) is 0 Å². The second-order valence-electron chi connectivity index (χ2n) is 9.91. The summed E-state index contributed by atoms with van der Waals surface area (Å²) in [6.07, 6.45) is 8.81. The first-order valence-electron chi connectivity index (χ1n) is 13.1. The first kappa shape index (κ1) is 26.0. The number of hydrogen-bond acceptors (Lipinski definition) is 3. The third-order valence-electron chi connectivity index (χ3n) is 7.18. The molecule has 1 saturated heterocycles. The SMILES string of the molecule is CCCCNC(=O)N1CCN(C(=O)C(Cc2ccccc2)NC(=O)CCC2CCCC2)CC1C. The lowest BCUT2D eigenvalue weighted by Crippen LogP contribution is -2.60. The van der Waals surface area contributed by atoms with Crippen LogP contribution in [0.1, 0.15) is 70.8 Å². The number of piperazine rings is 1. The fourth-order valence-corrected chi connectivity index (χ4v) is 5.10. The highest BCUT2D eigenvalue weighted by atomic mass is 16.2. The summed E-state index contributed by atoms with van der Waals surface area (Å²) in [4.78, 5) is 42.4. The van der Waals surface area contributed by atoms with Gasteiger partial charge in [-0.2, -0.15) is 0 Å². The predicted molar refractivity (Wildman–Crippen MR) is 134 cm³/mol. The van der Waals surface area contributed by atoms with Crippen molar-refractivity contribution in [1.82, 2.24) is 20.4 Å². The molecule has 2 unspecified atom stereocenters. The van der Waals surface area contributed by atoms with Crippen molar-refractivity contribution in [3.8, 4) is 0 Å². The van der Waals surface area contributed by atoms with Gasteiger partial charge in [0.1, 0.15) is 6.04 Å². The van der Waals surface area contributed by atoms with Crippen molar-refractivity contribution in [2.45, 2.75) is 83.7 Å². The number of nitrogens with one attached hydrogen (secondary N) is 2. The van der Waals surface area contributed by atoms with E-state index in [1.165, 1.54) is 25.7 Å². The Balaban J connectivity index is 1.59. The van der Waals surface area contributed by atoms with Crippen molar-refractivity contribution in [2.24, 2.45) is 5.92 Å². The first-order valence-corrected chi connectivity index (χ1v) is 13.1. The monoisotopic (exact) mass is 470 g/mol. The number of benzene rings is 1. The molecular weight excluding hydrogens is 428 g/mol. The van der Waals surface area contributed by atoms with Crippen LogP contribution in [0.4, 0.5) is 4.79 Å². The second-order valence-corrected chi connectivity index (χ2v) is 9.91. The van der Waals surface area contributed by atoms with Crippen molar-refractivity contribution in [2.75, 3.05) is 26.2 Å². The Morgan fingerprint density at radius 2 is 1.82 bits per heavy atom.